The molecule has 0 N–H and O–H groups in total. The minimum Gasteiger partial charge on any atom is -0.483 e. The zero-order valence-electron chi connectivity index (χ0n) is 15.4. The highest BCUT2D eigenvalue weighted by atomic mass is 127. The Morgan fingerprint density at radius 2 is 1.62 bits per heavy atom. The van der Waals surface area contributed by atoms with Crippen molar-refractivity contribution >= 4 is 54.3 Å². The Morgan fingerprint density at radius 1 is 0.828 bits per heavy atom. The molecular formula is C26H15IOS. The Hall–Kier alpha value is -2.24. The SMILES string of the molecule is IC1=C2c3c(ccc4ccccc34)O[C@@H]3c4ccccc4S[C@]23c2ccccc21. The van der Waals surface area contributed by atoms with Crippen LogP contribution in [0.4, 0.5) is 0 Å². The zero-order valence-corrected chi connectivity index (χ0v) is 18.3. The summed E-state index contributed by atoms with van der Waals surface area (Å²) in [7, 11) is 0. The number of fused-ring (bicyclic) bond motifs is 7. The first-order chi connectivity index (χ1) is 14.3. The first-order valence-electron chi connectivity index (χ1n) is 9.76. The van der Waals surface area contributed by atoms with Crippen molar-refractivity contribution in [3.8, 4) is 5.75 Å². The van der Waals surface area contributed by atoms with Gasteiger partial charge in [-0.25, -0.2) is 0 Å². The van der Waals surface area contributed by atoms with Gasteiger partial charge in [0.2, 0.25) is 0 Å². The molecule has 0 saturated heterocycles. The quantitative estimate of drug-likeness (QED) is 0.229. The Bertz CT molecular complexity index is 1390. The van der Waals surface area contributed by atoms with Crippen molar-refractivity contribution in [1.29, 1.82) is 0 Å². The summed E-state index contributed by atoms with van der Waals surface area (Å²) in [5.41, 5.74) is 6.71. The molecule has 2 atom stereocenters. The summed E-state index contributed by atoms with van der Waals surface area (Å²) >= 11 is 4.54. The lowest BCUT2D eigenvalue weighted by Gasteiger charge is -2.40. The fourth-order valence-corrected chi connectivity index (χ4v) is 8.23. The molecule has 1 aliphatic carbocycles. The van der Waals surface area contributed by atoms with Gasteiger partial charge in [-0.3, -0.25) is 0 Å². The lowest BCUT2D eigenvalue weighted by atomic mass is 9.79. The first-order valence-corrected chi connectivity index (χ1v) is 11.7. The molecule has 1 nitrogen and oxygen atoms in total. The molecule has 4 aromatic rings. The highest BCUT2D eigenvalue weighted by Crippen LogP contribution is 2.73. The average Bonchev–Trinajstić information content (AvgIpc) is 3.24. The Labute approximate surface area is 186 Å². The number of halogens is 1. The van der Waals surface area contributed by atoms with Gasteiger partial charge in [0, 0.05) is 25.2 Å². The summed E-state index contributed by atoms with van der Waals surface area (Å²) in [5, 5.41) is 2.54. The molecule has 2 heterocycles. The van der Waals surface area contributed by atoms with Crippen LogP contribution in [0.5, 0.6) is 5.75 Å². The molecular weight excluding hydrogens is 487 g/mol. The third kappa shape index (κ3) is 1.93. The summed E-state index contributed by atoms with van der Waals surface area (Å²) < 4.78 is 7.97. The monoisotopic (exact) mass is 502 g/mol. The van der Waals surface area contributed by atoms with Crippen LogP contribution in [0.15, 0.2) is 89.8 Å². The zero-order chi connectivity index (χ0) is 19.2. The van der Waals surface area contributed by atoms with Crippen molar-refractivity contribution in [2.75, 3.05) is 0 Å². The molecule has 2 aliphatic heterocycles. The number of hydrogen-bond donors (Lipinski definition) is 0. The van der Waals surface area contributed by atoms with Gasteiger partial charge >= 0.3 is 0 Å². The predicted octanol–water partition coefficient (Wildman–Crippen LogP) is 7.59. The van der Waals surface area contributed by atoms with Crippen LogP contribution in [0.3, 0.4) is 0 Å². The fraction of sp³-hybridized carbons (Fsp3) is 0.0769. The minimum absolute atomic E-state index is 0.0132. The van der Waals surface area contributed by atoms with Crippen molar-refractivity contribution < 1.29 is 4.74 Å². The van der Waals surface area contributed by atoms with E-state index in [0.717, 1.165) is 5.75 Å². The van der Waals surface area contributed by atoms with Crippen LogP contribution in [0, 0.1) is 0 Å². The van der Waals surface area contributed by atoms with E-state index in [1.54, 1.807) is 0 Å². The molecule has 1 spiro atoms. The number of hydrogen-bond acceptors (Lipinski definition) is 2. The second kappa shape index (κ2) is 5.67. The van der Waals surface area contributed by atoms with Crippen LogP contribution in [0.2, 0.25) is 0 Å². The van der Waals surface area contributed by atoms with Crippen molar-refractivity contribution in [2.45, 2.75) is 15.7 Å². The van der Waals surface area contributed by atoms with E-state index in [1.165, 1.54) is 47.1 Å². The van der Waals surface area contributed by atoms with Gasteiger partial charge in [-0.15, -0.1) is 11.8 Å². The standard InChI is InChI=1S/C26H15IOS/c27-24-17-9-3-5-11-19(17)26-23(24)22-16-8-2-1-7-15(16)13-14-20(22)28-25(26)18-10-4-6-12-21(18)29-26/h1-14,25H/t25-,26-/m1/s1. The second-order valence-electron chi connectivity index (χ2n) is 7.77. The number of rotatable bonds is 0. The Kier molecular flexibility index (Phi) is 3.24. The largest absolute Gasteiger partial charge is 0.483 e. The van der Waals surface area contributed by atoms with Crippen molar-refractivity contribution in [3.63, 3.8) is 0 Å². The van der Waals surface area contributed by atoms with Crippen LogP contribution >= 0.6 is 34.4 Å². The lowest BCUT2D eigenvalue weighted by Crippen LogP contribution is -2.33. The molecule has 0 bridgehead atoms. The van der Waals surface area contributed by atoms with E-state index in [-0.39, 0.29) is 10.9 Å². The van der Waals surface area contributed by atoms with E-state index < -0.39 is 0 Å². The highest BCUT2D eigenvalue weighted by molar-refractivity contribution is 14.1. The molecule has 7 rings (SSSR count). The van der Waals surface area contributed by atoms with E-state index in [1.807, 2.05) is 11.8 Å². The smallest absolute Gasteiger partial charge is 0.148 e. The average molecular weight is 502 g/mol. The van der Waals surface area contributed by atoms with Gasteiger partial charge in [0.1, 0.15) is 16.6 Å². The van der Waals surface area contributed by atoms with Gasteiger partial charge in [-0.2, -0.15) is 0 Å². The Balaban J connectivity index is 1.65. The maximum Gasteiger partial charge on any atom is 0.148 e. The molecule has 4 aromatic carbocycles. The topological polar surface area (TPSA) is 9.23 Å². The third-order valence-corrected chi connectivity index (χ3v) is 9.05. The van der Waals surface area contributed by atoms with E-state index >= 15 is 0 Å². The van der Waals surface area contributed by atoms with Crippen LogP contribution in [-0.2, 0) is 4.75 Å². The summed E-state index contributed by atoms with van der Waals surface area (Å²) in [6.07, 6.45) is -0.0132. The minimum atomic E-state index is -0.228. The molecule has 0 amide bonds. The molecule has 29 heavy (non-hydrogen) atoms. The molecule has 138 valence electrons. The van der Waals surface area contributed by atoms with Gasteiger partial charge < -0.3 is 4.74 Å². The van der Waals surface area contributed by atoms with Gasteiger partial charge in [0.25, 0.3) is 0 Å². The predicted molar refractivity (Wildman–Crippen MR) is 129 cm³/mol. The highest BCUT2D eigenvalue weighted by Gasteiger charge is 2.60. The van der Waals surface area contributed by atoms with Crippen molar-refractivity contribution in [1.82, 2.24) is 0 Å². The lowest BCUT2D eigenvalue weighted by molar-refractivity contribution is 0.173. The van der Waals surface area contributed by atoms with E-state index in [0.29, 0.717) is 0 Å². The fourth-order valence-electron chi connectivity index (χ4n) is 5.22. The first kappa shape index (κ1) is 16.5. The third-order valence-electron chi connectivity index (χ3n) is 6.38. The summed E-state index contributed by atoms with van der Waals surface area (Å²) in [5.74, 6) is 0.999. The molecule has 0 fully saturated rings. The normalized spacial score (nSPS) is 23.1. The van der Waals surface area contributed by atoms with Crippen LogP contribution < -0.4 is 4.74 Å². The number of thioether (sulfide) groups is 1. The van der Waals surface area contributed by atoms with Gasteiger partial charge in [-0.05, 0) is 56.6 Å². The maximum absolute atomic E-state index is 6.84. The van der Waals surface area contributed by atoms with Crippen LogP contribution in [-0.4, -0.2) is 0 Å². The molecule has 3 aliphatic rings. The van der Waals surface area contributed by atoms with E-state index in [9.17, 15) is 0 Å². The maximum atomic E-state index is 6.84. The van der Waals surface area contributed by atoms with Gasteiger partial charge in [0.15, 0.2) is 0 Å². The second-order valence-corrected chi connectivity index (χ2v) is 10.1. The van der Waals surface area contributed by atoms with E-state index in [4.69, 9.17) is 4.74 Å². The van der Waals surface area contributed by atoms with Crippen LogP contribution in [0.1, 0.15) is 28.4 Å². The Morgan fingerprint density at radius 3 is 2.59 bits per heavy atom. The molecule has 0 unspecified atom stereocenters. The number of ether oxygens (including phenoxy) is 1. The van der Waals surface area contributed by atoms with Crippen LogP contribution in [0.25, 0.3) is 19.9 Å². The number of benzene rings is 4. The molecule has 0 radical (unpaired) electrons. The molecule has 0 aromatic heterocycles. The van der Waals surface area contributed by atoms with Gasteiger partial charge in [-0.1, -0.05) is 72.8 Å². The van der Waals surface area contributed by atoms with E-state index in [2.05, 4.69) is 108 Å². The van der Waals surface area contributed by atoms with Gasteiger partial charge in [0.05, 0.1) is 0 Å². The molecule has 3 heteroatoms. The summed E-state index contributed by atoms with van der Waals surface area (Å²) in [6, 6.07) is 30.6. The summed E-state index contributed by atoms with van der Waals surface area (Å²) in [6.45, 7) is 0. The van der Waals surface area contributed by atoms with Crippen molar-refractivity contribution in [3.05, 3.63) is 107 Å². The molecule has 0 saturated carbocycles. The van der Waals surface area contributed by atoms with Crippen molar-refractivity contribution in [2.24, 2.45) is 0 Å². The summed E-state index contributed by atoms with van der Waals surface area (Å²) in [4.78, 5) is 1.33.